The van der Waals surface area contributed by atoms with E-state index in [4.69, 9.17) is 0 Å². The van der Waals surface area contributed by atoms with Crippen LogP contribution in [0.4, 0.5) is 0 Å². The Labute approximate surface area is 740 Å². The van der Waals surface area contributed by atoms with Gasteiger partial charge in [0.1, 0.15) is 0 Å². The van der Waals surface area contributed by atoms with Gasteiger partial charge in [0.2, 0.25) is 0 Å². The van der Waals surface area contributed by atoms with Gasteiger partial charge in [-0.2, -0.15) is 68.0 Å². The Morgan fingerprint density at radius 2 is 0.238 bits per heavy atom. The first-order chi connectivity index (χ1) is 62.4. The Bertz CT molecular complexity index is 9660. The van der Waals surface area contributed by atoms with Crippen molar-refractivity contribution in [1.29, 1.82) is 0 Å². The lowest BCUT2D eigenvalue weighted by molar-refractivity contribution is 1.80. The quantitative estimate of drug-likeness (QED) is 0.105. The lowest BCUT2D eigenvalue weighted by Gasteiger charge is -2.21. The molecule has 0 saturated heterocycles. The van der Waals surface area contributed by atoms with E-state index in [0.29, 0.717) is 0 Å². The van der Waals surface area contributed by atoms with Gasteiger partial charge in [-0.05, 0) is 400 Å². The Hall–Kier alpha value is -14.3. The second-order valence-corrected chi connectivity index (χ2v) is 39.7. The fraction of sp³-hybridized carbons (Fsp3) is 0. The summed E-state index contributed by atoms with van der Waals surface area (Å²) in [7, 11) is 0. The van der Waals surface area contributed by atoms with Crippen LogP contribution in [0.2, 0.25) is 0 Å². The molecule has 126 heavy (non-hydrogen) atoms. The van der Waals surface area contributed by atoms with Gasteiger partial charge >= 0.3 is 0 Å². The Balaban J connectivity index is 0.000000121. The first-order valence-electron chi connectivity index (χ1n) is 43.1. The molecule has 0 radical (unpaired) electrons. The summed E-state index contributed by atoms with van der Waals surface area (Å²) in [5, 5.41) is 109. The summed E-state index contributed by atoms with van der Waals surface area (Å²) in [5.74, 6) is 0. The molecule has 32 rings (SSSR count). The molecule has 6 heteroatoms. The summed E-state index contributed by atoms with van der Waals surface area (Å²) >= 11 is 11.0. The zero-order valence-electron chi connectivity index (χ0n) is 67.1. The molecular formula is C120H60S6. The van der Waals surface area contributed by atoms with Crippen molar-refractivity contribution in [2.24, 2.45) is 0 Å². The van der Waals surface area contributed by atoms with Gasteiger partial charge in [-0.3, -0.25) is 0 Å². The highest BCUT2D eigenvalue weighted by atomic mass is 32.1. The molecule has 576 valence electrons. The number of thiophene rings is 6. The van der Waals surface area contributed by atoms with E-state index < -0.39 is 0 Å². The van der Waals surface area contributed by atoms with Gasteiger partial charge < -0.3 is 0 Å². The Kier molecular flexibility index (Phi) is 13.4. The molecule has 0 aliphatic rings. The smallest absolute Gasteiger partial charge is 0.00152 e. The van der Waals surface area contributed by atoms with Crippen LogP contribution in [0, 0.1) is 0 Å². The average molecular weight is 1690 g/mol. The molecule has 0 aliphatic carbocycles. The minimum atomic E-state index is 1.27. The largest absolute Gasteiger partial charge is 0.151 e. The van der Waals surface area contributed by atoms with Gasteiger partial charge in [-0.1, -0.05) is 182 Å². The first kappa shape index (κ1) is 68.2. The molecular weight excluding hydrogens is 1630 g/mol. The van der Waals surface area contributed by atoms with Crippen molar-refractivity contribution in [2.45, 2.75) is 0 Å². The van der Waals surface area contributed by atoms with Crippen LogP contribution in [0.3, 0.4) is 0 Å². The van der Waals surface area contributed by atoms with Crippen molar-refractivity contribution >= 4 is 391 Å². The normalized spacial score (nSPS) is 12.8. The minimum Gasteiger partial charge on any atom is -0.151 e. The maximum absolute atomic E-state index is 2.53. The lowest BCUT2D eigenvalue weighted by Crippen LogP contribution is -1.93. The van der Waals surface area contributed by atoms with Crippen LogP contribution in [-0.4, -0.2) is 0 Å². The van der Waals surface area contributed by atoms with Crippen LogP contribution in [0.25, 0.3) is 323 Å². The van der Waals surface area contributed by atoms with E-state index in [1.807, 2.05) is 68.0 Å². The molecule has 26 aromatic carbocycles. The van der Waals surface area contributed by atoms with Crippen molar-refractivity contribution in [2.75, 3.05) is 0 Å². The second-order valence-electron chi connectivity index (χ2n) is 35.3. The maximum Gasteiger partial charge on any atom is 0.00152 e. The van der Waals surface area contributed by atoms with E-state index in [2.05, 4.69) is 356 Å². The lowest BCUT2D eigenvalue weighted by atomic mass is 9.80. The van der Waals surface area contributed by atoms with Crippen molar-refractivity contribution in [3.8, 4) is 0 Å². The third-order valence-electron chi connectivity index (χ3n) is 29.1. The minimum absolute atomic E-state index is 1.27. The molecule has 0 spiro atoms. The molecule has 32 aromatic rings. The highest BCUT2D eigenvalue weighted by molar-refractivity contribution is 7.11. The summed E-state index contributed by atoms with van der Waals surface area (Å²) in [6.45, 7) is 0. The van der Waals surface area contributed by atoms with E-state index in [-0.39, 0.29) is 0 Å². The van der Waals surface area contributed by atoms with Gasteiger partial charge in [-0.15, -0.1) is 0 Å². The third kappa shape index (κ3) is 9.04. The number of benzene rings is 26. The molecule has 0 nitrogen and oxygen atoms in total. The zero-order chi connectivity index (χ0) is 81.3. The van der Waals surface area contributed by atoms with Crippen LogP contribution >= 0.6 is 68.0 Å². The highest BCUT2D eigenvalue weighted by Crippen LogP contribution is 2.59. The molecule has 0 bridgehead atoms. The van der Waals surface area contributed by atoms with Gasteiger partial charge in [0.25, 0.3) is 0 Å². The molecule has 6 aromatic heterocycles. The van der Waals surface area contributed by atoms with Crippen LogP contribution in [0.15, 0.2) is 356 Å². The van der Waals surface area contributed by atoms with Crippen molar-refractivity contribution in [3.05, 3.63) is 356 Å². The third-order valence-corrected chi connectivity index (χ3v) is 33.5. The van der Waals surface area contributed by atoms with Gasteiger partial charge in [0.05, 0.1) is 0 Å². The monoisotopic (exact) mass is 1690 g/mol. The molecule has 0 saturated carbocycles. The maximum atomic E-state index is 2.53. The SMILES string of the molecule is c1ccc2cc3c(ccc4c3c3cscc3c3c4c4c5cscc5c5c6cc7ccccc7cc6ccc5c4c4c5cscc5c5c6cc7ccccc7cc6ccc5c34)cc2c1.c1ccc2cc3cc4c(cc3cc2c1)c1cscc1c1c4c2c3cscc3c3cc4cc5ccccc5cc4cc3c2c2c3cscc3c3cc4cc5ccccc5cc4cc3c12. The van der Waals surface area contributed by atoms with Crippen LogP contribution in [0.1, 0.15) is 0 Å². The fourth-order valence-electron chi connectivity index (χ4n) is 23.7. The van der Waals surface area contributed by atoms with Crippen molar-refractivity contribution < 1.29 is 0 Å². The topological polar surface area (TPSA) is 0 Å². The van der Waals surface area contributed by atoms with E-state index in [9.17, 15) is 0 Å². The molecule has 0 unspecified atom stereocenters. The predicted molar refractivity (Wildman–Crippen MR) is 565 cm³/mol. The van der Waals surface area contributed by atoms with Crippen molar-refractivity contribution in [1.82, 2.24) is 0 Å². The van der Waals surface area contributed by atoms with Gasteiger partial charge in [-0.25, -0.2) is 0 Å². The van der Waals surface area contributed by atoms with E-state index in [0.717, 1.165) is 0 Å². The zero-order valence-corrected chi connectivity index (χ0v) is 72.0. The summed E-state index contributed by atoms with van der Waals surface area (Å²) in [5.41, 5.74) is 0. The number of rotatable bonds is 0. The van der Waals surface area contributed by atoms with E-state index >= 15 is 0 Å². The van der Waals surface area contributed by atoms with Crippen molar-refractivity contribution in [3.63, 3.8) is 0 Å². The molecule has 6 heterocycles. The van der Waals surface area contributed by atoms with Crippen LogP contribution in [-0.2, 0) is 0 Å². The molecule has 0 aliphatic heterocycles. The van der Waals surface area contributed by atoms with Crippen LogP contribution < -0.4 is 0 Å². The van der Waals surface area contributed by atoms with E-state index in [1.54, 1.807) is 0 Å². The predicted octanol–water partition coefficient (Wildman–Crippen LogP) is 38.3. The Morgan fingerprint density at radius 1 is 0.0873 bits per heavy atom. The summed E-state index contributed by atoms with van der Waals surface area (Å²) < 4.78 is 0. The second kappa shape index (κ2) is 24.8. The molecule has 0 atom stereocenters. The fourth-order valence-corrected chi connectivity index (χ4v) is 28.7. The first-order valence-corrected chi connectivity index (χ1v) is 48.8. The average Bonchev–Trinajstić information content (AvgIpc) is 1.16. The van der Waals surface area contributed by atoms with Gasteiger partial charge in [0, 0.05) is 97.0 Å². The summed E-state index contributed by atoms with van der Waals surface area (Å²) in [6, 6.07) is 111. The van der Waals surface area contributed by atoms with Gasteiger partial charge in [0.15, 0.2) is 0 Å². The molecule has 0 N–H and O–H groups in total. The Morgan fingerprint density at radius 3 is 0.460 bits per heavy atom. The molecule has 0 fully saturated rings. The highest BCUT2D eigenvalue weighted by Gasteiger charge is 2.30. The summed E-state index contributed by atoms with van der Waals surface area (Å²) in [6.07, 6.45) is 0. The van der Waals surface area contributed by atoms with E-state index in [1.165, 1.54) is 323 Å². The summed E-state index contributed by atoms with van der Waals surface area (Å²) in [4.78, 5) is 0. The number of fused-ring (bicyclic) bond motifs is 57. The van der Waals surface area contributed by atoms with Crippen LogP contribution in [0.5, 0.6) is 0 Å². The number of hydrogen-bond donors (Lipinski definition) is 0. The number of hydrogen-bond acceptors (Lipinski definition) is 6. The standard InChI is InChI=1S/2C60H30S3/c1-4-10-34-16-40-22-46-43(19-37(40)13-31(34)7-1)49-25-61-28-52(49)58-55(46)59-53-29-62-26-50(53)45-21-39-15-33-9-3-6-12-36(33)18-42(39)24-48(45)57(59)60-54-30-63-27-51(54)44-20-38-14-32-8-2-5-11-35(32)17-41(38)23-47(44)56(58)60;1-4-10-34-22-43-37(19-31(34)7-1)13-16-40-52(43)46-25-61-28-49(46)58-55(40)59-50-29-62-26-47(50)54-42(18-15-39-21-33-9-3-6-12-36(33)24-45(39)54)57(59)60-51-30-63-27-48(51)53-41(56(58)60)17-14-38-20-32-8-2-5-11-35(32)23-44(38)53/h2*1-30H. The molecule has 0 amide bonds.